The van der Waals surface area contributed by atoms with E-state index in [0.29, 0.717) is 12.1 Å². The molecule has 21 heavy (non-hydrogen) atoms. The lowest BCUT2D eigenvalue weighted by Crippen LogP contribution is -2.05. The van der Waals surface area contributed by atoms with Gasteiger partial charge in [0.1, 0.15) is 5.75 Å². The van der Waals surface area contributed by atoms with Crippen LogP contribution in [0.1, 0.15) is 16.1 Å². The van der Waals surface area contributed by atoms with Gasteiger partial charge in [-0.05, 0) is 46.3 Å². The number of anilines is 1. The van der Waals surface area contributed by atoms with E-state index in [1.165, 1.54) is 13.3 Å². The van der Waals surface area contributed by atoms with Crippen molar-refractivity contribution in [3.63, 3.8) is 0 Å². The number of esters is 1. The lowest BCUT2D eigenvalue weighted by atomic mass is 10.2. The summed E-state index contributed by atoms with van der Waals surface area (Å²) in [5.41, 5.74) is 2.21. The molecule has 1 aromatic carbocycles. The number of carbonyl (C=O) groups is 1. The summed E-state index contributed by atoms with van der Waals surface area (Å²) in [5, 5.41) is 3.25. The van der Waals surface area contributed by atoms with Gasteiger partial charge in [0.15, 0.2) is 0 Å². The maximum absolute atomic E-state index is 11.3. The van der Waals surface area contributed by atoms with Crippen molar-refractivity contribution in [3.8, 4) is 5.75 Å². The summed E-state index contributed by atoms with van der Waals surface area (Å²) in [7, 11) is 2.97. The minimum atomic E-state index is -0.388. The van der Waals surface area contributed by atoms with Crippen LogP contribution in [0.3, 0.4) is 0 Å². The summed E-state index contributed by atoms with van der Waals surface area (Å²) in [5.74, 6) is 0.391. The van der Waals surface area contributed by atoms with Crippen LogP contribution in [-0.4, -0.2) is 25.2 Å². The Hall–Kier alpha value is -2.08. The van der Waals surface area contributed by atoms with Gasteiger partial charge in [0, 0.05) is 11.9 Å². The molecule has 1 aromatic heterocycles. The fourth-order valence-corrected chi connectivity index (χ4v) is 2.28. The van der Waals surface area contributed by atoms with Crippen molar-refractivity contribution in [2.24, 2.45) is 0 Å². The minimum absolute atomic E-state index is 0.388. The van der Waals surface area contributed by atoms with Gasteiger partial charge in [-0.25, -0.2) is 4.79 Å². The lowest BCUT2D eigenvalue weighted by Gasteiger charge is -2.09. The molecule has 5 nitrogen and oxygen atoms in total. The molecule has 0 bridgehead atoms. The number of ether oxygens (including phenoxy) is 2. The van der Waals surface area contributed by atoms with Crippen LogP contribution in [0.2, 0.25) is 0 Å². The predicted octanol–water partition coefficient (Wildman–Crippen LogP) is 3.25. The highest BCUT2D eigenvalue weighted by Crippen LogP contribution is 2.27. The van der Waals surface area contributed by atoms with Crippen LogP contribution < -0.4 is 10.1 Å². The number of nitrogens with one attached hydrogen (secondary N) is 1. The lowest BCUT2D eigenvalue weighted by molar-refractivity contribution is 0.0600. The van der Waals surface area contributed by atoms with Gasteiger partial charge in [0.05, 0.1) is 36.5 Å². The van der Waals surface area contributed by atoms with Crippen molar-refractivity contribution >= 4 is 27.6 Å². The maximum Gasteiger partial charge on any atom is 0.339 e. The molecule has 0 radical (unpaired) electrons. The number of hydrogen-bond donors (Lipinski definition) is 1. The summed E-state index contributed by atoms with van der Waals surface area (Å²) >= 11 is 3.43. The number of nitrogens with zero attached hydrogens (tertiary/aromatic N) is 1. The van der Waals surface area contributed by atoms with Gasteiger partial charge in [0.25, 0.3) is 0 Å². The van der Waals surface area contributed by atoms with E-state index in [-0.39, 0.29) is 5.97 Å². The molecule has 2 aromatic rings. The number of pyridine rings is 1. The molecule has 0 saturated heterocycles. The zero-order chi connectivity index (χ0) is 15.2. The van der Waals surface area contributed by atoms with E-state index in [1.807, 2.05) is 18.2 Å². The third-order valence-corrected chi connectivity index (χ3v) is 3.49. The summed E-state index contributed by atoms with van der Waals surface area (Å²) in [6.07, 6.45) is 1.51. The molecule has 1 heterocycles. The average Bonchev–Trinajstić information content (AvgIpc) is 2.52. The number of carbonyl (C=O) groups excluding carboxylic acids is 1. The van der Waals surface area contributed by atoms with Crippen LogP contribution >= 0.6 is 15.9 Å². The van der Waals surface area contributed by atoms with Crippen molar-refractivity contribution in [2.75, 3.05) is 19.5 Å². The number of rotatable bonds is 5. The first kappa shape index (κ1) is 15.3. The Bertz CT molecular complexity index is 629. The Balaban J connectivity index is 1.99. The van der Waals surface area contributed by atoms with Crippen LogP contribution in [0.25, 0.3) is 0 Å². The number of methoxy groups -OCH3 is 2. The number of aromatic nitrogens is 1. The fraction of sp³-hybridized carbons (Fsp3) is 0.200. The zero-order valence-electron chi connectivity index (χ0n) is 11.7. The third kappa shape index (κ3) is 3.95. The summed E-state index contributed by atoms with van der Waals surface area (Å²) < 4.78 is 10.7. The second kappa shape index (κ2) is 7.08. The van der Waals surface area contributed by atoms with Gasteiger partial charge in [-0.15, -0.1) is 0 Å². The van der Waals surface area contributed by atoms with E-state index >= 15 is 0 Å². The summed E-state index contributed by atoms with van der Waals surface area (Å²) in [6.45, 7) is 0.556. The molecule has 0 aliphatic rings. The fourth-order valence-electron chi connectivity index (χ4n) is 1.74. The van der Waals surface area contributed by atoms with E-state index < -0.39 is 0 Å². The van der Waals surface area contributed by atoms with Crippen molar-refractivity contribution in [3.05, 3.63) is 52.3 Å². The second-order valence-corrected chi connectivity index (χ2v) is 5.09. The van der Waals surface area contributed by atoms with Crippen LogP contribution in [0.4, 0.5) is 5.69 Å². The van der Waals surface area contributed by atoms with Crippen LogP contribution in [-0.2, 0) is 11.3 Å². The number of halogens is 1. The highest BCUT2D eigenvalue weighted by molar-refractivity contribution is 9.10. The van der Waals surface area contributed by atoms with E-state index in [9.17, 15) is 4.79 Å². The minimum Gasteiger partial charge on any atom is -0.496 e. The quantitative estimate of drug-likeness (QED) is 0.838. The Morgan fingerprint density at radius 1 is 1.29 bits per heavy atom. The van der Waals surface area contributed by atoms with Crippen molar-refractivity contribution in [2.45, 2.75) is 6.54 Å². The molecule has 2 rings (SSSR count). The standard InChI is InChI=1S/C15H15BrN2O3/c1-20-14-6-5-11(7-13(14)16)18-9-12-4-3-10(8-17-12)15(19)21-2/h3-8,18H,9H2,1-2H3. The maximum atomic E-state index is 11.3. The van der Waals surface area contributed by atoms with E-state index in [4.69, 9.17) is 4.74 Å². The number of hydrogen-bond acceptors (Lipinski definition) is 5. The smallest absolute Gasteiger partial charge is 0.339 e. The molecule has 0 fully saturated rings. The van der Waals surface area contributed by atoms with E-state index in [0.717, 1.165) is 21.6 Å². The highest BCUT2D eigenvalue weighted by Gasteiger charge is 2.06. The van der Waals surface area contributed by atoms with Gasteiger partial charge < -0.3 is 14.8 Å². The van der Waals surface area contributed by atoms with Gasteiger partial charge in [-0.1, -0.05) is 0 Å². The first-order chi connectivity index (χ1) is 10.1. The Morgan fingerprint density at radius 2 is 2.10 bits per heavy atom. The Kier molecular flexibility index (Phi) is 5.16. The molecule has 0 saturated carbocycles. The van der Waals surface area contributed by atoms with Crippen LogP contribution in [0, 0.1) is 0 Å². The molecule has 0 aliphatic heterocycles. The third-order valence-electron chi connectivity index (χ3n) is 2.87. The SMILES string of the molecule is COC(=O)c1ccc(CNc2ccc(OC)c(Br)c2)nc1. The number of benzene rings is 1. The van der Waals surface area contributed by atoms with E-state index in [2.05, 4.69) is 31.0 Å². The molecule has 0 amide bonds. The van der Waals surface area contributed by atoms with Gasteiger partial charge in [-0.3, -0.25) is 4.98 Å². The topological polar surface area (TPSA) is 60.5 Å². The molecule has 0 atom stereocenters. The zero-order valence-corrected chi connectivity index (χ0v) is 13.3. The van der Waals surface area contributed by atoms with Crippen molar-refractivity contribution in [1.82, 2.24) is 4.98 Å². The van der Waals surface area contributed by atoms with Crippen molar-refractivity contribution in [1.29, 1.82) is 0 Å². The van der Waals surface area contributed by atoms with Crippen molar-refractivity contribution < 1.29 is 14.3 Å². The Labute approximate surface area is 131 Å². The largest absolute Gasteiger partial charge is 0.496 e. The average molecular weight is 351 g/mol. The normalized spacial score (nSPS) is 10.0. The molecule has 1 N–H and O–H groups in total. The summed E-state index contributed by atoms with van der Waals surface area (Å²) in [4.78, 5) is 15.5. The van der Waals surface area contributed by atoms with Gasteiger partial charge in [0.2, 0.25) is 0 Å². The first-order valence-electron chi connectivity index (χ1n) is 6.24. The molecular weight excluding hydrogens is 336 g/mol. The van der Waals surface area contributed by atoms with Crippen LogP contribution in [0.15, 0.2) is 41.0 Å². The Morgan fingerprint density at radius 3 is 2.67 bits per heavy atom. The summed E-state index contributed by atoms with van der Waals surface area (Å²) in [6, 6.07) is 9.21. The molecule has 0 spiro atoms. The van der Waals surface area contributed by atoms with Gasteiger partial charge >= 0.3 is 5.97 Å². The van der Waals surface area contributed by atoms with Gasteiger partial charge in [-0.2, -0.15) is 0 Å². The molecule has 0 aliphatic carbocycles. The predicted molar refractivity (Wildman–Crippen MR) is 83.6 cm³/mol. The highest BCUT2D eigenvalue weighted by atomic mass is 79.9. The second-order valence-electron chi connectivity index (χ2n) is 4.23. The monoisotopic (exact) mass is 350 g/mol. The molecule has 0 unspecified atom stereocenters. The molecule has 6 heteroatoms. The van der Waals surface area contributed by atoms with Crippen LogP contribution in [0.5, 0.6) is 5.75 Å². The molecular formula is C15H15BrN2O3. The first-order valence-corrected chi connectivity index (χ1v) is 7.04. The van der Waals surface area contributed by atoms with E-state index in [1.54, 1.807) is 19.2 Å². The molecule has 110 valence electrons.